The van der Waals surface area contributed by atoms with Crippen LogP contribution in [0.4, 0.5) is 0 Å². The second-order valence-electron chi connectivity index (χ2n) is 3.30. The Morgan fingerprint density at radius 1 is 1.23 bits per heavy atom. The molecule has 1 aliphatic rings. The number of benzene rings is 2. The van der Waals surface area contributed by atoms with Gasteiger partial charge in [-0.05, 0) is 22.4 Å². The molecule has 13 heavy (non-hydrogen) atoms. The lowest BCUT2D eigenvalue weighted by atomic mass is 10.0. The van der Waals surface area contributed by atoms with Crippen molar-refractivity contribution >= 4 is 10.8 Å². The van der Waals surface area contributed by atoms with Gasteiger partial charge in [0.25, 0.3) is 0 Å². The van der Waals surface area contributed by atoms with Crippen molar-refractivity contribution in [2.45, 2.75) is 6.10 Å². The van der Waals surface area contributed by atoms with Gasteiger partial charge in [-0.25, -0.2) is 0 Å². The predicted molar refractivity (Wildman–Crippen MR) is 51.5 cm³/mol. The molecule has 1 heteroatoms. The van der Waals surface area contributed by atoms with Crippen LogP contribution in [-0.2, 0) is 4.74 Å². The van der Waals surface area contributed by atoms with Gasteiger partial charge in [-0.2, -0.15) is 0 Å². The highest BCUT2D eigenvalue weighted by molar-refractivity contribution is 5.85. The fraction of sp³-hybridized carbons (Fsp3) is 0.167. The third-order valence-corrected chi connectivity index (χ3v) is 2.42. The molecule has 0 saturated carbocycles. The summed E-state index contributed by atoms with van der Waals surface area (Å²) in [6, 6.07) is 15.6. The monoisotopic (exact) mass is 169 g/mol. The first-order valence-corrected chi connectivity index (χ1v) is 4.46. The Hall–Kier alpha value is -1.34. The Labute approximate surface area is 77.0 Å². The summed E-state index contributed by atoms with van der Waals surface area (Å²) < 4.78 is 5.29. The molecule has 1 saturated heterocycles. The normalized spacial score (nSPS) is 20.5. The van der Waals surface area contributed by atoms with Gasteiger partial charge in [-0.15, -0.1) is 0 Å². The maximum atomic E-state index is 5.29. The summed E-state index contributed by atoms with van der Waals surface area (Å²) in [6.45, 7) is 0.869. The van der Waals surface area contributed by atoms with Crippen LogP contribution in [0.3, 0.4) is 0 Å². The number of hydrogen-bond donors (Lipinski definition) is 0. The van der Waals surface area contributed by atoms with E-state index in [9.17, 15) is 0 Å². The molecule has 2 aromatic rings. The summed E-state index contributed by atoms with van der Waals surface area (Å²) in [5, 5.41) is 2.45. The molecule has 1 aliphatic heterocycles. The Morgan fingerprint density at radius 3 is 2.92 bits per heavy atom. The molecule has 1 fully saturated rings. The van der Waals surface area contributed by atoms with Gasteiger partial charge in [0, 0.05) is 0 Å². The molecule has 3 rings (SSSR count). The molecule has 1 heterocycles. The number of fused-ring (bicyclic) bond motifs is 1. The molecule has 2 aromatic carbocycles. The molecule has 63 valence electrons. The zero-order valence-corrected chi connectivity index (χ0v) is 7.16. The topological polar surface area (TPSA) is 12.5 Å². The van der Waals surface area contributed by atoms with Gasteiger partial charge in [0.15, 0.2) is 0 Å². The molecule has 0 aliphatic carbocycles. The van der Waals surface area contributed by atoms with Crippen molar-refractivity contribution in [1.82, 2.24) is 0 Å². The van der Waals surface area contributed by atoms with Gasteiger partial charge in [0.05, 0.1) is 6.61 Å². The molecule has 1 atom stereocenters. The number of hydrogen-bond acceptors (Lipinski definition) is 1. The number of epoxide rings is 1. The van der Waals surface area contributed by atoms with Gasteiger partial charge < -0.3 is 4.74 Å². The molecule has 1 unspecified atom stereocenters. The average Bonchev–Trinajstić information content (AvgIpc) is 3.00. The van der Waals surface area contributed by atoms with Gasteiger partial charge in [-0.3, -0.25) is 0 Å². The summed E-state index contributed by atoms with van der Waals surface area (Å²) >= 11 is 0. The molecule has 0 spiro atoms. The summed E-state index contributed by atoms with van der Waals surface area (Å²) in [4.78, 5) is 0. The first kappa shape index (κ1) is 7.10. The van der Waals surface area contributed by atoms with Crippen molar-refractivity contribution < 1.29 is 4.74 Å². The van der Waals surface area contributed by atoms with Crippen molar-refractivity contribution in [3.05, 3.63) is 48.0 Å². The minimum atomic E-state index is 0.333. The summed E-state index contributed by atoms with van der Waals surface area (Å²) in [5.41, 5.74) is 1.30. The van der Waals surface area contributed by atoms with E-state index in [0.717, 1.165) is 6.61 Å². The lowest BCUT2D eigenvalue weighted by Gasteiger charge is -2.01. The lowest BCUT2D eigenvalue weighted by molar-refractivity contribution is 0.417. The summed E-state index contributed by atoms with van der Waals surface area (Å²) in [5.74, 6) is 0. The molecular formula is C12H9O. The smallest absolute Gasteiger partial charge is 0.107 e. The third kappa shape index (κ3) is 1.12. The predicted octanol–water partition coefficient (Wildman–Crippen LogP) is 2.71. The van der Waals surface area contributed by atoms with Crippen molar-refractivity contribution in [2.75, 3.05) is 6.61 Å². The van der Waals surface area contributed by atoms with E-state index in [1.54, 1.807) is 0 Å². The van der Waals surface area contributed by atoms with Crippen LogP contribution in [0, 0.1) is 6.07 Å². The second-order valence-corrected chi connectivity index (χ2v) is 3.30. The molecule has 0 amide bonds. The number of rotatable bonds is 1. The van der Waals surface area contributed by atoms with E-state index in [2.05, 4.69) is 30.3 Å². The van der Waals surface area contributed by atoms with E-state index < -0.39 is 0 Å². The van der Waals surface area contributed by atoms with Crippen LogP contribution < -0.4 is 0 Å². The maximum Gasteiger partial charge on any atom is 0.107 e. The molecular weight excluding hydrogens is 160 g/mol. The zero-order valence-electron chi connectivity index (χ0n) is 7.16. The summed E-state index contributed by atoms with van der Waals surface area (Å²) in [6.07, 6.45) is 0.333. The average molecular weight is 169 g/mol. The van der Waals surface area contributed by atoms with E-state index in [1.165, 1.54) is 16.3 Å². The van der Waals surface area contributed by atoms with Crippen molar-refractivity contribution in [3.8, 4) is 0 Å². The fourth-order valence-corrected chi connectivity index (χ4v) is 1.68. The van der Waals surface area contributed by atoms with Crippen LogP contribution in [0.15, 0.2) is 36.4 Å². The summed E-state index contributed by atoms with van der Waals surface area (Å²) in [7, 11) is 0. The number of ether oxygens (including phenoxy) is 1. The van der Waals surface area contributed by atoms with E-state index in [1.807, 2.05) is 12.1 Å². The Bertz CT molecular complexity index is 438. The van der Waals surface area contributed by atoms with Gasteiger partial charge in [0.2, 0.25) is 0 Å². The first-order chi connectivity index (χ1) is 6.45. The maximum absolute atomic E-state index is 5.29. The van der Waals surface area contributed by atoms with Crippen LogP contribution in [0.1, 0.15) is 11.7 Å². The van der Waals surface area contributed by atoms with Gasteiger partial charge >= 0.3 is 0 Å². The lowest BCUT2D eigenvalue weighted by Crippen LogP contribution is -1.83. The van der Waals surface area contributed by atoms with Gasteiger partial charge in [-0.1, -0.05) is 36.4 Å². The zero-order chi connectivity index (χ0) is 8.67. The molecule has 1 nitrogen and oxygen atoms in total. The largest absolute Gasteiger partial charge is 0.368 e. The quantitative estimate of drug-likeness (QED) is 0.598. The standard InChI is InChI=1S/C12H9O/c1-2-6-10-9(4-1)5-3-7-11(10)12-8-13-12/h1-4,6-7,12H,8H2. The minimum absolute atomic E-state index is 0.333. The SMILES string of the molecule is [c]1ccc(C2CO2)c2ccccc12. The molecule has 0 aromatic heterocycles. The van der Waals surface area contributed by atoms with Crippen LogP contribution >= 0.6 is 0 Å². The fourth-order valence-electron chi connectivity index (χ4n) is 1.68. The third-order valence-electron chi connectivity index (χ3n) is 2.42. The minimum Gasteiger partial charge on any atom is -0.368 e. The van der Waals surface area contributed by atoms with Crippen LogP contribution in [-0.4, -0.2) is 6.61 Å². The Balaban J connectivity index is 2.32. The molecule has 0 bridgehead atoms. The van der Waals surface area contributed by atoms with E-state index in [4.69, 9.17) is 4.74 Å². The van der Waals surface area contributed by atoms with Crippen LogP contribution in [0.5, 0.6) is 0 Å². The Morgan fingerprint density at radius 2 is 2.08 bits per heavy atom. The highest BCUT2D eigenvalue weighted by Crippen LogP contribution is 2.34. The molecule has 0 N–H and O–H groups in total. The van der Waals surface area contributed by atoms with Crippen LogP contribution in [0.25, 0.3) is 10.8 Å². The highest BCUT2D eigenvalue weighted by atomic mass is 16.6. The Kier molecular flexibility index (Phi) is 1.41. The molecule has 1 radical (unpaired) electrons. The first-order valence-electron chi connectivity index (χ1n) is 4.46. The second kappa shape index (κ2) is 2.57. The van der Waals surface area contributed by atoms with Gasteiger partial charge in [0.1, 0.15) is 6.10 Å². The van der Waals surface area contributed by atoms with E-state index in [-0.39, 0.29) is 0 Å². The van der Waals surface area contributed by atoms with E-state index in [0.29, 0.717) is 6.10 Å². The van der Waals surface area contributed by atoms with E-state index >= 15 is 0 Å². The van der Waals surface area contributed by atoms with Crippen LogP contribution in [0.2, 0.25) is 0 Å². The van der Waals surface area contributed by atoms with Crippen molar-refractivity contribution in [1.29, 1.82) is 0 Å². The van der Waals surface area contributed by atoms with Crippen molar-refractivity contribution in [3.63, 3.8) is 0 Å². The highest BCUT2D eigenvalue weighted by Gasteiger charge is 2.25. The van der Waals surface area contributed by atoms with Crippen molar-refractivity contribution in [2.24, 2.45) is 0 Å².